The smallest absolute Gasteiger partial charge is 0.231 e. The van der Waals surface area contributed by atoms with Crippen LogP contribution in [0.4, 0.5) is 0 Å². The van der Waals surface area contributed by atoms with Crippen molar-refractivity contribution in [3.63, 3.8) is 0 Å². The number of hydrogen-bond donors (Lipinski definition) is 4. The highest BCUT2D eigenvalue weighted by Crippen LogP contribution is 2.52. The second-order valence-electron chi connectivity index (χ2n) is 9.67. The van der Waals surface area contributed by atoms with Gasteiger partial charge in [0.1, 0.15) is 24.4 Å². The fraction of sp³-hybridized carbons (Fsp3) is 0.538. The van der Waals surface area contributed by atoms with E-state index in [9.17, 15) is 20.4 Å². The zero-order valence-electron chi connectivity index (χ0n) is 20.1. The molecule has 37 heavy (non-hydrogen) atoms. The predicted octanol–water partition coefficient (Wildman–Crippen LogP) is 0.678. The van der Waals surface area contributed by atoms with Gasteiger partial charge in [-0.05, 0) is 35.4 Å². The number of methoxy groups -OCH3 is 1. The lowest BCUT2D eigenvalue weighted by Crippen LogP contribution is -2.60. The number of benzene rings is 2. The highest BCUT2D eigenvalue weighted by Gasteiger charge is 2.49. The normalized spacial score (nSPS) is 36.4. The molecule has 4 N–H and O–H groups in total. The number of hydrogen-bond acceptors (Lipinski definition) is 11. The average Bonchev–Trinajstić information content (AvgIpc) is 3.65. The summed E-state index contributed by atoms with van der Waals surface area (Å²) < 4.78 is 40.2. The third-order valence-corrected chi connectivity index (χ3v) is 7.60. The molecule has 0 unspecified atom stereocenters. The Balaban J connectivity index is 1.18. The molecule has 2 aromatic rings. The molecule has 0 spiro atoms. The van der Waals surface area contributed by atoms with Crippen molar-refractivity contribution in [3.8, 4) is 23.0 Å². The van der Waals surface area contributed by atoms with Gasteiger partial charge in [-0.1, -0.05) is 12.1 Å². The lowest BCUT2D eigenvalue weighted by molar-refractivity contribution is -0.277. The van der Waals surface area contributed by atoms with Crippen LogP contribution in [0.15, 0.2) is 36.4 Å². The molecule has 0 amide bonds. The summed E-state index contributed by atoms with van der Waals surface area (Å²) >= 11 is 0. The molecule has 3 fully saturated rings. The van der Waals surface area contributed by atoms with Crippen molar-refractivity contribution < 1.29 is 53.6 Å². The van der Waals surface area contributed by atoms with E-state index in [4.69, 9.17) is 33.2 Å². The first-order valence-electron chi connectivity index (χ1n) is 12.3. The summed E-state index contributed by atoms with van der Waals surface area (Å²) in [7, 11) is 1.49. The molecule has 4 heterocycles. The Bertz CT molecular complexity index is 1120. The first-order chi connectivity index (χ1) is 18.0. The molecule has 11 heteroatoms. The summed E-state index contributed by atoms with van der Waals surface area (Å²) in [4.78, 5) is 0. The molecule has 11 nitrogen and oxygen atoms in total. The maximum absolute atomic E-state index is 10.3. The van der Waals surface area contributed by atoms with Crippen molar-refractivity contribution in [1.29, 1.82) is 0 Å². The van der Waals surface area contributed by atoms with Crippen LogP contribution in [0, 0.1) is 11.8 Å². The zero-order valence-corrected chi connectivity index (χ0v) is 20.1. The first kappa shape index (κ1) is 24.7. The highest BCUT2D eigenvalue weighted by atomic mass is 16.7. The summed E-state index contributed by atoms with van der Waals surface area (Å²) in [5.74, 6) is 2.41. The lowest BCUT2D eigenvalue weighted by Gasteiger charge is -2.39. The van der Waals surface area contributed by atoms with Crippen LogP contribution in [0.3, 0.4) is 0 Å². The van der Waals surface area contributed by atoms with E-state index in [-0.39, 0.29) is 36.6 Å². The van der Waals surface area contributed by atoms with Crippen LogP contribution < -0.4 is 18.9 Å². The number of rotatable bonds is 6. The molecule has 0 radical (unpaired) electrons. The Morgan fingerprint density at radius 3 is 2.19 bits per heavy atom. The molecule has 0 aliphatic carbocycles. The lowest BCUT2D eigenvalue weighted by atomic mass is 9.85. The van der Waals surface area contributed by atoms with Crippen LogP contribution >= 0.6 is 0 Å². The quantitative estimate of drug-likeness (QED) is 0.428. The van der Waals surface area contributed by atoms with Gasteiger partial charge in [-0.2, -0.15) is 0 Å². The number of ether oxygens (including phenoxy) is 7. The van der Waals surface area contributed by atoms with E-state index in [1.165, 1.54) is 7.11 Å². The zero-order chi connectivity index (χ0) is 25.7. The maximum Gasteiger partial charge on any atom is 0.231 e. The van der Waals surface area contributed by atoms with E-state index < -0.39 is 37.3 Å². The van der Waals surface area contributed by atoms with Crippen LogP contribution in [0.2, 0.25) is 0 Å². The van der Waals surface area contributed by atoms with Gasteiger partial charge in [0, 0.05) is 11.8 Å². The monoisotopic (exact) mass is 518 g/mol. The second kappa shape index (κ2) is 9.91. The maximum atomic E-state index is 10.3. The Hall–Kier alpha value is -2.64. The minimum absolute atomic E-state index is 0.111. The third kappa shape index (κ3) is 4.30. The third-order valence-electron chi connectivity index (χ3n) is 7.60. The van der Waals surface area contributed by atoms with E-state index in [0.29, 0.717) is 19.0 Å². The van der Waals surface area contributed by atoms with Crippen molar-refractivity contribution in [2.24, 2.45) is 11.8 Å². The molecule has 4 aliphatic rings. The van der Waals surface area contributed by atoms with Gasteiger partial charge in [0.25, 0.3) is 0 Å². The Morgan fingerprint density at radius 1 is 0.811 bits per heavy atom. The Kier molecular flexibility index (Phi) is 6.61. The highest BCUT2D eigenvalue weighted by molar-refractivity contribution is 5.46. The number of aliphatic hydroxyl groups is 4. The fourth-order valence-corrected chi connectivity index (χ4v) is 5.57. The Morgan fingerprint density at radius 2 is 1.49 bits per heavy atom. The van der Waals surface area contributed by atoms with E-state index in [1.54, 1.807) is 12.1 Å². The standard InChI is InChI=1S/C26H30O11/c1-31-18-6-12(3-5-17(18)36-26-23(30)22(29)21(28)20(8-27)37-26)24-14-9-33-25(15(14)10-32-24)13-2-4-16-19(7-13)35-11-34-16/h2-7,14-15,20-30H,8-11H2,1H3/t14-,15+,20-,21-,22+,23-,24+,25-,26+/m1/s1. The minimum Gasteiger partial charge on any atom is -0.493 e. The second-order valence-corrected chi connectivity index (χ2v) is 9.67. The van der Waals surface area contributed by atoms with Crippen molar-refractivity contribution in [1.82, 2.24) is 0 Å². The molecular formula is C26H30O11. The summed E-state index contributed by atoms with van der Waals surface area (Å²) in [6.45, 7) is 0.761. The van der Waals surface area contributed by atoms with Crippen LogP contribution in [0.25, 0.3) is 0 Å². The van der Waals surface area contributed by atoms with Crippen LogP contribution in [-0.4, -0.2) is 84.9 Å². The molecule has 2 aromatic carbocycles. The predicted molar refractivity (Wildman–Crippen MR) is 124 cm³/mol. The van der Waals surface area contributed by atoms with Crippen molar-refractivity contribution in [2.45, 2.75) is 42.9 Å². The van der Waals surface area contributed by atoms with Crippen LogP contribution in [-0.2, 0) is 14.2 Å². The topological polar surface area (TPSA) is 146 Å². The first-order valence-corrected chi connectivity index (χ1v) is 12.3. The fourth-order valence-electron chi connectivity index (χ4n) is 5.57. The van der Waals surface area contributed by atoms with Gasteiger partial charge in [0.15, 0.2) is 23.0 Å². The van der Waals surface area contributed by atoms with Gasteiger partial charge in [-0.15, -0.1) is 0 Å². The van der Waals surface area contributed by atoms with E-state index in [1.807, 2.05) is 24.3 Å². The number of aliphatic hydroxyl groups excluding tert-OH is 4. The van der Waals surface area contributed by atoms with Gasteiger partial charge in [-0.25, -0.2) is 0 Å². The summed E-state index contributed by atoms with van der Waals surface area (Å²) in [6, 6.07) is 11.2. The molecule has 0 bridgehead atoms. The summed E-state index contributed by atoms with van der Waals surface area (Å²) in [6.07, 6.45) is -7.23. The molecule has 3 saturated heterocycles. The molecule has 0 saturated carbocycles. The molecule has 9 atom stereocenters. The van der Waals surface area contributed by atoms with Gasteiger partial charge >= 0.3 is 0 Å². The molecule has 0 aromatic heterocycles. The molecule has 200 valence electrons. The van der Waals surface area contributed by atoms with E-state index in [0.717, 1.165) is 22.6 Å². The van der Waals surface area contributed by atoms with Crippen LogP contribution in [0.5, 0.6) is 23.0 Å². The van der Waals surface area contributed by atoms with Gasteiger partial charge in [-0.3, -0.25) is 0 Å². The van der Waals surface area contributed by atoms with Gasteiger partial charge < -0.3 is 53.6 Å². The number of fused-ring (bicyclic) bond motifs is 2. The van der Waals surface area contributed by atoms with Crippen molar-refractivity contribution >= 4 is 0 Å². The van der Waals surface area contributed by atoms with Crippen molar-refractivity contribution in [3.05, 3.63) is 47.5 Å². The average molecular weight is 519 g/mol. The largest absolute Gasteiger partial charge is 0.493 e. The van der Waals surface area contributed by atoms with E-state index >= 15 is 0 Å². The van der Waals surface area contributed by atoms with Gasteiger partial charge in [0.2, 0.25) is 13.1 Å². The molecule has 4 aliphatic heterocycles. The minimum atomic E-state index is -1.54. The van der Waals surface area contributed by atoms with Crippen LogP contribution in [0.1, 0.15) is 23.3 Å². The SMILES string of the molecule is COc1cc([C@@H]2OC[C@H]3[C@H]2CO[C@@H]3c2ccc3c(c2)OCO3)ccc1O[C@H]1O[C@H](CO)[C@@H](O)[C@H](O)[C@H]1O. The van der Waals surface area contributed by atoms with Crippen molar-refractivity contribution in [2.75, 3.05) is 33.7 Å². The summed E-state index contributed by atoms with van der Waals surface area (Å²) in [5, 5.41) is 39.8. The van der Waals surface area contributed by atoms with Gasteiger partial charge in [0.05, 0.1) is 39.1 Å². The summed E-state index contributed by atoms with van der Waals surface area (Å²) in [5.41, 5.74) is 1.92. The molecule has 6 rings (SSSR count). The molecular weight excluding hydrogens is 488 g/mol. The van der Waals surface area contributed by atoms with E-state index in [2.05, 4.69) is 0 Å². The Labute approximate surface area is 213 Å².